The number of hydrogen-bond acceptors (Lipinski definition) is 2. The van der Waals surface area contributed by atoms with Crippen LogP contribution in [0, 0.1) is 11.7 Å². The van der Waals surface area contributed by atoms with E-state index < -0.39 is 0 Å². The molecule has 0 saturated carbocycles. The molecule has 0 unspecified atom stereocenters. The van der Waals surface area contributed by atoms with Gasteiger partial charge in [-0.25, -0.2) is 4.39 Å². The summed E-state index contributed by atoms with van der Waals surface area (Å²) < 4.78 is 12.9. The second-order valence-electron chi connectivity index (χ2n) is 6.99. The van der Waals surface area contributed by atoms with Crippen LogP contribution in [0.2, 0.25) is 0 Å². The van der Waals surface area contributed by atoms with E-state index in [1.807, 2.05) is 11.0 Å². The number of hydrogen-bond donors (Lipinski definition) is 0. The first-order valence-electron chi connectivity index (χ1n) is 9.13. The van der Waals surface area contributed by atoms with Gasteiger partial charge < -0.3 is 4.90 Å². The standard InChI is InChI=1S/C20H27FN2O/c21-19-7-5-17(6-8-19)4-3-11-22-14-9-18(10-15-22)16-20(24)23-12-1-2-13-23/h3-8,18H,1-2,9-16H2/b4-3+. The zero-order chi connectivity index (χ0) is 16.8. The zero-order valence-corrected chi connectivity index (χ0v) is 14.3. The van der Waals surface area contributed by atoms with Gasteiger partial charge in [0, 0.05) is 26.1 Å². The van der Waals surface area contributed by atoms with Gasteiger partial charge in [-0.3, -0.25) is 9.69 Å². The van der Waals surface area contributed by atoms with Crippen LogP contribution in [0.4, 0.5) is 4.39 Å². The minimum atomic E-state index is -0.197. The highest BCUT2D eigenvalue weighted by molar-refractivity contribution is 5.76. The molecular formula is C20H27FN2O. The molecule has 2 heterocycles. The average Bonchev–Trinajstić information content (AvgIpc) is 3.13. The first kappa shape index (κ1) is 17.2. The van der Waals surface area contributed by atoms with Crippen molar-refractivity contribution in [2.75, 3.05) is 32.7 Å². The van der Waals surface area contributed by atoms with Crippen molar-refractivity contribution in [1.82, 2.24) is 9.80 Å². The number of nitrogens with zero attached hydrogens (tertiary/aromatic N) is 2. The van der Waals surface area contributed by atoms with E-state index >= 15 is 0 Å². The molecule has 0 N–H and O–H groups in total. The van der Waals surface area contributed by atoms with Gasteiger partial charge >= 0.3 is 0 Å². The van der Waals surface area contributed by atoms with E-state index in [0.717, 1.165) is 57.5 Å². The van der Waals surface area contributed by atoms with Gasteiger partial charge in [0.05, 0.1) is 0 Å². The van der Waals surface area contributed by atoms with E-state index in [1.54, 1.807) is 12.1 Å². The highest BCUT2D eigenvalue weighted by atomic mass is 19.1. The van der Waals surface area contributed by atoms with Crippen molar-refractivity contribution in [3.63, 3.8) is 0 Å². The summed E-state index contributed by atoms with van der Waals surface area (Å²) in [7, 11) is 0. The van der Waals surface area contributed by atoms with Gasteiger partial charge in [-0.2, -0.15) is 0 Å². The van der Waals surface area contributed by atoms with Gasteiger partial charge in [0.15, 0.2) is 0 Å². The topological polar surface area (TPSA) is 23.6 Å². The summed E-state index contributed by atoms with van der Waals surface area (Å²) in [6, 6.07) is 6.56. The van der Waals surface area contributed by atoms with Crippen molar-refractivity contribution >= 4 is 12.0 Å². The van der Waals surface area contributed by atoms with E-state index in [-0.39, 0.29) is 5.82 Å². The summed E-state index contributed by atoms with van der Waals surface area (Å²) in [5.41, 5.74) is 1.03. The van der Waals surface area contributed by atoms with Crippen molar-refractivity contribution in [3.8, 4) is 0 Å². The Labute approximate surface area is 144 Å². The fourth-order valence-electron chi connectivity index (χ4n) is 3.63. The number of benzene rings is 1. The maximum Gasteiger partial charge on any atom is 0.222 e. The SMILES string of the molecule is O=C(CC1CCN(C/C=C/c2ccc(F)cc2)CC1)N1CCCC1. The Hall–Kier alpha value is -1.68. The summed E-state index contributed by atoms with van der Waals surface area (Å²) in [5, 5.41) is 0. The summed E-state index contributed by atoms with van der Waals surface area (Å²) in [6.45, 7) is 4.97. The molecule has 1 aromatic carbocycles. The smallest absolute Gasteiger partial charge is 0.222 e. The summed E-state index contributed by atoms with van der Waals surface area (Å²) in [4.78, 5) is 16.7. The lowest BCUT2D eigenvalue weighted by molar-refractivity contribution is -0.131. The molecule has 130 valence electrons. The van der Waals surface area contributed by atoms with Gasteiger partial charge in [-0.05, 0) is 62.4 Å². The lowest BCUT2D eigenvalue weighted by Gasteiger charge is -2.31. The van der Waals surface area contributed by atoms with E-state index in [4.69, 9.17) is 0 Å². The highest BCUT2D eigenvalue weighted by Gasteiger charge is 2.24. The second-order valence-corrected chi connectivity index (χ2v) is 6.99. The number of halogens is 1. The Morgan fingerprint density at radius 3 is 2.42 bits per heavy atom. The highest BCUT2D eigenvalue weighted by Crippen LogP contribution is 2.22. The second kappa shape index (κ2) is 8.43. The van der Waals surface area contributed by atoms with Crippen LogP contribution >= 0.6 is 0 Å². The molecule has 1 amide bonds. The van der Waals surface area contributed by atoms with Gasteiger partial charge in [0.1, 0.15) is 5.82 Å². The fourth-order valence-corrected chi connectivity index (χ4v) is 3.63. The maximum atomic E-state index is 12.9. The molecule has 0 aliphatic carbocycles. The van der Waals surface area contributed by atoms with Crippen LogP contribution in [-0.4, -0.2) is 48.4 Å². The van der Waals surface area contributed by atoms with Crippen LogP contribution in [-0.2, 0) is 4.79 Å². The van der Waals surface area contributed by atoms with Crippen molar-refractivity contribution in [2.24, 2.45) is 5.92 Å². The van der Waals surface area contributed by atoms with Crippen molar-refractivity contribution in [1.29, 1.82) is 0 Å². The minimum Gasteiger partial charge on any atom is -0.343 e. The fraction of sp³-hybridized carbons (Fsp3) is 0.550. The van der Waals surface area contributed by atoms with Gasteiger partial charge in [0.25, 0.3) is 0 Å². The van der Waals surface area contributed by atoms with Crippen molar-refractivity contribution < 1.29 is 9.18 Å². The first-order chi connectivity index (χ1) is 11.7. The van der Waals surface area contributed by atoms with Crippen LogP contribution in [0.15, 0.2) is 30.3 Å². The molecule has 24 heavy (non-hydrogen) atoms. The Morgan fingerprint density at radius 2 is 1.75 bits per heavy atom. The molecule has 2 aliphatic heterocycles. The molecule has 2 aliphatic rings. The lowest BCUT2D eigenvalue weighted by atomic mass is 9.93. The molecule has 3 rings (SSSR count). The molecular weight excluding hydrogens is 303 g/mol. The predicted octanol–water partition coefficient (Wildman–Crippen LogP) is 3.56. The molecule has 0 bridgehead atoms. The van der Waals surface area contributed by atoms with Crippen LogP contribution in [0.3, 0.4) is 0 Å². The normalized spacial score (nSPS) is 20.1. The van der Waals surface area contributed by atoms with Crippen molar-refractivity contribution in [3.05, 3.63) is 41.7 Å². The summed E-state index contributed by atoms with van der Waals surface area (Å²) in [5.74, 6) is 0.718. The van der Waals surface area contributed by atoms with Gasteiger partial charge in [0.2, 0.25) is 5.91 Å². The Bertz CT molecular complexity index is 556. The Balaban J connectivity index is 1.37. The van der Waals surface area contributed by atoms with Crippen LogP contribution in [0.1, 0.15) is 37.7 Å². The predicted molar refractivity (Wildman–Crippen MR) is 95.0 cm³/mol. The maximum absolute atomic E-state index is 12.9. The monoisotopic (exact) mass is 330 g/mol. The molecule has 0 spiro atoms. The quantitative estimate of drug-likeness (QED) is 0.824. The van der Waals surface area contributed by atoms with Crippen LogP contribution in [0.5, 0.6) is 0 Å². The van der Waals surface area contributed by atoms with E-state index in [1.165, 1.54) is 25.0 Å². The van der Waals surface area contributed by atoms with Crippen LogP contribution in [0.25, 0.3) is 6.08 Å². The molecule has 3 nitrogen and oxygen atoms in total. The lowest BCUT2D eigenvalue weighted by Crippen LogP contribution is -2.36. The number of piperidine rings is 1. The Kier molecular flexibility index (Phi) is 6.02. The Morgan fingerprint density at radius 1 is 1.08 bits per heavy atom. The largest absolute Gasteiger partial charge is 0.343 e. The zero-order valence-electron chi connectivity index (χ0n) is 14.3. The molecule has 1 aromatic rings. The van der Waals surface area contributed by atoms with E-state index in [2.05, 4.69) is 11.0 Å². The van der Waals surface area contributed by atoms with Gasteiger partial charge in [-0.1, -0.05) is 24.3 Å². The molecule has 0 aromatic heterocycles. The number of likely N-dealkylation sites (tertiary alicyclic amines) is 2. The molecule has 2 saturated heterocycles. The average molecular weight is 330 g/mol. The number of carbonyl (C=O) groups is 1. The molecule has 0 radical (unpaired) electrons. The number of rotatable bonds is 5. The first-order valence-corrected chi connectivity index (χ1v) is 9.13. The summed E-state index contributed by atoms with van der Waals surface area (Å²) in [6.07, 6.45) is 9.49. The number of amides is 1. The minimum absolute atomic E-state index is 0.197. The third kappa shape index (κ3) is 4.91. The van der Waals surface area contributed by atoms with E-state index in [9.17, 15) is 9.18 Å². The summed E-state index contributed by atoms with van der Waals surface area (Å²) >= 11 is 0. The van der Waals surface area contributed by atoms with Gasteiger partial charge in [-0.15, -0.1) is 0 Å². The van der Waals surface area contributed by atoms with E-state index in [0.29, 0.717) is 11.8 Å². The van der Waals surface area contributed by atoms with Crippen LogP contribution < -0.4 is 0 Å². The molecule has 4 heteroatoms. The van der Waals surface area contributed by atoms with Crippen molar-refractivity contribution in [2.45, 2.75) is 32.1 Å². The molecule has 0 atom stereocenters. The molecule has 2 fully saturated rings. The third-order valence-electron chi connectivity index (χ3n) is 5.17. The third-order valence-corrected chi connectivity index (χ3v) is 5.17. The number of carbonyl (C=O) groups excluding carboxylic acids is 1.